The van der Waals surface area contributed by atoms with Crippen LogP contribution in [-0.4, -0.2) is 56.9 Å². The monoisotopic (exact) mass is 496 g/mol. The van der Waals surface area contributed by atoms with E-state index in [1.54, 1.807) is 0 Å². The number of methoxy groups -OCH3 is 1. The van der Waals surface area contributed by atoms with E-state index >= 15 is 4.39 Å². The van der Waals surface area contributed by atoms with Crippen LogP contribution in [0.2, 0.25) is 5.02 Å². The van der Waals surface area contributed by atoms with Crippen LogP contribution in [0.25, 0.3) is 22.0 Å². The summed E-state index contributed by atoms with van der Waals surface area (Å²) in [7, 11) is -2.54. The molecule has 176 valence electrons. The lowest BCUT2D eigenvalue weighted by molar-refractivity contribution is 0.413. The standard InChI is InChI=1S/C22H23ClF2N4O3S/c1-11-10-29(12(2)9-26-11)21-13-8-14(23)17(18-15(24)6-5-7-16(18)32-3)19(25)20(13)27-22(28-21)33(4,30)31/h5-8,11-12,26H,9-10H2,1-4H3/t11-,12+/m1/s1. The topological polar surface area (TPSA) is 84.4 Å². The molecule has 0 bridgehead atoms. The van der Waals surface area contributed by atoms with E-state index in [1.165, 1.54) is 25.3 Å². The zero-order chi connectivity index (χ0) is 24.1. The highest BCUT2D eigenvalue weighted by atomic mass is 35.5. The molecule has 1 aliphatic rings. The van der Waals surface area contributed by atoms with Gasteiger partial charge in [-0.3, -0.25) is 0 Å². The fourth-order valence-electron chi connectivity index (χ4n) is 4.01. The summed E-state index contributed by atoms with van der Waals surface area (Å²) in [5.74, 6) is -1.35. The average Bonchev–Trinajstić information content (AvgIpc) is 2.75. The van der Waals surface area contributed by atoms with E-state index in [2.05, 4.69) is 15.3 Å². The molecule has 1 aromatic heterocycles. The van der Waals surface area contributed by atoms with Gasteiger partial charge in [-0.25, -0.2) is 27.2 Å². The summed E-state index contributed by atoms with van der Waals surface area (Å²) in [6, 6.07) is 5.56. The minimum absolute atomic E-state index is 0.0557. The Labute approximate surface area is 195 Å². The van der Waals surface area contributed by atoms with E-state index in [0.717, 1.165) is 12.3 Å². The third-order valence-corrected chi connectivity index (χ3v) is 6.80. The molecule has 0 radical (unpaired) electrons. The highest BCUT2D eigenvalue weighted by molar-refractivity contribution is 7.90. The Balaban J connectivity index is 2.08. The van der Waals surface area contributed by atoms with Gasteiger partial charge in [0.25, 0.3) is 0 Å². The van der Waals surface area contributed by atoms with Gasteiger partial charge in [0.05, 0.1) is 17.7 Å². The Kier molecular flexibility index (Phi) is 6.19. The fourth-order valence-corrected chi connectivity index (χ4v) is 4.80. The smallest absolute Gasteiger partial charge is 0.249 e. The quantitative estimate of drug-likeness (QED) is 0.549. The van der Waals surface area contributed by atoms with Crippen LogP contribution < -0.4 is 15.0 Å². The van der Waals surface area contributed by atoms with Crippen molar-refractivity contribution in [3.63, 3.8) is 0 Å². The molecule has 33 heavy (non-hydrogen) atoms. The average molecular weight is 497 g/mol. The van der Waals surface area contributed by atoms with Crippen LogP contribution in [0, 0.1) is 11.6 Å². The first-order valence-electron chi connectivity index (χ1n) is 10.3. The lowest BCUT2D eigenvalue weighted by Crippen LogP contribution is -2.54. The maximum atomic E-state index is 16.0. The van der Waals surface area contributed by atoms with E-state index in [0.29, 0.717) is 13.1 Å². The number of aromatic nitrogens is 2. The molecule has 2 atom stereocenters. The molecule has 7 nitrogen and oxygen atoms in total. The van der Waals surface area contributed by atoms with Crippen molar-refractivity contribution in [2.45, 2.75) is 31.1 Å². The van der Waals surface area contributed by atoms with Gasteiger partial charge in [-0.15, -0.1) is 0 Å². The third kappa shape index (κ3) is 4.22. The van der Waals surface area contributed by atoms with Crippen molar-refractivity contribution in [3.05, 3.63) is 40.9 Å². The number of piperazine rings is 1. The van der Waals surface area contributed by atoms with Crippen molar-refractivity contribution in [1.29, 1.82) is 0 Å². The maximum Gasteiger partial charge on any atom is 0.249 e. The highest BCUT2D eigenvalue weighted by Crippen LogP contribution is 2.43. The lowest BCUT2D eigenvalue weighted by atomic mass is 10.0. The molecule has 4 rings (SSSR count). The van der Waals surface area contributed by atoms with E-state index in [-0.39, 0.29) is 50.7 Å². The normalized spacial score (nSPS) is 19.2. The van der Waals surface area contributed by atoms with Crippen LogP contribution in [0.1, 0.15) is 13.8 Å². The number of hydrogen-bond donors (Lipinski definition) is 1. The zero-order valence-corrected chi connectivity index (χ0v) is 20.1. The molecule has 0 spiro atoms. The van der Waals surface area contributed by atoms with Crippen LogP contribution in [-0.2, 0) is 9.84 Å². The number of fused-ring (bicyclic) bond motifs is 1. The predicted octanol–water partition coefficient (Wildman–Crippen LogP) is 3.83. The molecular weight excluding hydrogens is 474 g/mol. The first-order valence-corrected chi connectivity index (χ1v) is 12.5. The number of hydrogen-bond acceptors (Lipinski definition) is 7. The van der Waals surface area contributed by atoms with Crippen molar-refractivity contribution >= 4 is 38.2 Å². The number of anilines is 1. The van der Waals surface area contributed by atoms with E-state index in [1.807, 2.05) is 18.7 Å². The molecule has 0 saturated carbocycles. The largest absolute Gasteiger partial charge is 0.496 e. The second-order valence-electron chi connectivity index (χ2n) is 8.17. The van der Waals surface area contributed by atoms with Gasteiger partial charge in [0, 0.05) is 42.4 Å². The van der Waals surface area contributed by atoms with Gasteiger partial charge in [-0.2, -0.15) is 0 Å². The minimum atomic E-state index is -3.87. The highest BCUT2D eigenvalue weighted by Gasteiger charge is 2.30. The van der Waals surface area contributed by atoms with E-state index < -0.39 is 26.6 Å². The molecule has 1 fully saturated rings. The molecule has 1 saturated heterocycles. The summed E-state index contributed by atoms with van der Waals surface area (Å²) >= 11 is 6.48. The molecule has 0 aliphatic carbocycles. The molecule has 0 amide bonds. The van der Waals surface area contributed by atoms with E-state index in [4.69, 9.17) is 16.3 Å². The number of sulfone groups is 1. The van der Waals surface area contributed by atoms with Crippen LogP contribution >= 0.6 is 11.6 Å². The predicted molar refractivity (Wildman–Crippen MR) is 124 cm³/mol. The number of rotatable bonds is 4. The fraction of sp³-hybridized carbons (Fsp3) is 0.364. The molecule has 11 heteroatoms. The molecule has 3 aromatic rings. The van der Waals surface area contributed by atoms with Gasteiger partial charge in [-0.05, 0) is 32.0 Å². The Morgan fingerprint density at radius 2 is 1.94 bits per heavy atom. The van der Waals surface area contributed by atoms with Gasteiger partial charge in [-0.1, -0.05) is 17.7 Å². The van der Waals surface area contributed by atoms with Crippen LogP contribution in [0.5, 0.6) is 5.75 Å². The Morgan fingerprint density at radius 3 is 2.61 bits per heavy atom. The number of nitrogens with zero attached hydrogens (tertiary/aromatic N) is 3. The lowest BCUT2D eigenvalue weighted by Gasteiger charge is -2.39. The van der Waals surface area contributed by atoms with Gasteiger partial charge in [0.2, 0.25) is 15.0 Å². The van der Waals surface area contributed by atoms with Crippen molar-refractivity contribution in [2.24, 2.45) is 0 Å². The first kappa shape index (κ1) is 23.6. The number of nitrogens with one attached hydrogen (secondary N) is 1. The second kappa shape index (κ2) is 8.66. The van der Waals surface area contributed by atoms with Gasteiger partial charge < -0.3 is 15.0 Å². The van der Waals surface area contributed by atoms with Crippen LogP contribution in [0.3, 0.4) is 0 Å². The van der Waals surface area contributed by atoms with Crippen LogP contribution in [0.15, 0.2) is 29.4 Å². The van der Waals surface area contributed by atoms with Crippen molar-refractivity contribution < 1.29 is 21.9 Å². The minimum Gasteiger partial charge on any atom is -0.496 e. The van der Waals surface area contributed by atoms with Crippen molar-refractivity contribution in [2.75, 3.05) is 31.4 Å². The molecule has 1 N–H and O–H groups in total. The second-order valence-corrected chi connectivity index (χ2v) is 10.5. The molecule has 0 unspecified atom stereocenters. The van der Waals surface area contributed by atoms with Crippen molar-refractivity contribution in [3.8, 4) is 16.9 Å². The zero-order valence-electron chi connectivity index (χ0n) is 18.5. The summed E-state index contributed by atoms with van der Waals surface area (Å²) in [5, 5.41) is 2.99. The molecular formula is C22H23ClF2N4O3S. The first-order chi connectivity index (χ1) is 15.5. The SMILES string of the molecule is COc1cccc(F)c1-c1c(Cl)cc2c(N3C[C@@H](C)NC[C@@H]3C)nc(S(C)(=O)=O)nc2c1F. The summed E-state index contributed by atoms with van der Waals surface area (Å²) < 4.78 is 60.7. The van der Waals surface area contributed by atoms with Crippen LogP contribution in [0.4, 0.5) is 14.6 Å². The Bertz CT molecular complexity index is 1350. The summed E-state index contributed by atoms with van der Waals surface area (Å²) in [6.45, 7) is 5.07. The summed E-state index contributed by atoms with van der Waals surface area (Å²) in [6.07, 6.45) is 0.955. The van der Waals surface area contributed by atoms with Gasteiger partial charge >= 0.3 is 0 Å². The molecule has 2 aromatic carbocycles. The van der Waals surface area contributed by atoms with Gasteiger partial charge in [0.1, 0.15) is 22.9 Å². The van der Waals surface area contributed by atoms with Crippen molar-refractivity contribution in [1.82, 2.24) is 15.3 Å². The Hall–Kier alpha value is -2.56. The van der Waals surface area contributed by atoms with E-state index in [9.17, 15) is 12.8 Å². The molecule has 2 heterocycles. The summed E-state index contributed by atoms with van der Waals surface area (Å²) in [4.78, 5) is 10.2. The third-order valence-electron chi connectivity index (χ3n) is 5.66. The number of benzene rings is 2. The summed E-state index contributed by atoms with van der Waals surface area (Å²) in [5.41, 5.74) is -0.692. The Morgan fingerprint density at radius 1 is 1.21 bits per heavy atom. The number of halogens is 3. The molecule has 1 aliphatic heterocycles. The van der Waals surface area contributed by atoms with Gasteiger partial charge in [0.15, 0.2) is 5.82 Å². The number of ether oxygens (including phenoxy) is 1. The maximum absolute atomic E-state index is 16.0.